The predicted molar refractivity (Wildman–Crippen MR) is 81.8 cm³/mol. The van der Waals surface area contributed by atoms with Crippen molar-refractivity contribution in [2.75, 3.05) is 0 Å². The molecule has 21 heavy (non-hydrogen) atoms. The van der Waals surface area contributed by atoms with Crippen molar-refractivity contribution in [3.63, 3.8) is 0 Å². The molecule has 0 heterocycles. The number of aliphatic carboxylic acids is 1. The van der Waals surface area contributed by atoms with Crippen LogP contribution in [0.5, 0.6) is 0 Å². The number of hydrogen-bond donors (Lipinski definition) is 3. The smallest absolute Gasteiger partial charge is 0.329 e. The number of nitrogens with two attached hydrogens (primary N) is 1. The van der Waals surface area contributed by atoms with Crippen LogP contribution in [0.4, 0.5) is 0 Å². The van der Waals surface area contributed by atoms with Crippen LogP contribution in [0.2, 0.25) is 0 Å². The van der Waals surface area contributed by atoms with Gasteiger partial charge in [-0.3, -0.25) is 4.79 Å². The normalized spacial score (nSPS) is 15.3. The van der Waals surface area contributed by atoms with Gasteiger partial charge >= 0.3 is 5.97 Å². The van der Waals surface area contributed by atoms with Crippen molar-refractivity contribution in [1.29, 1.82) is 0 Å². The van der Waals surface area contributed by atoms with Crippen LogP contribution >= 0.6 is 0 Å². The molecule has 5 nitrogen and oxygen atoms in total. The van der Waals surface area contributed by atoms with Gasteiger partial charge in [0, 0.05) is 0 Å². The van der Waals surface area contributed by atoms with Gasteiger partial charge in [0.1, 0.15) is 5.54 Å². The Morgan fingerprint density at radius 3 is 2.33 bits per heavy atom. The average molecular weight is 292 g/mol. The lowest BCUT2D eigenvalue weighted by molar-refractivity contribution is -0.147. The zero-order chi connectivity index (χ0) is 16.0. The second-order valence-electron chi connectivity index (χ2n) is 6.02. The summed E-state index contributed by atoms with van der Waals surface area (Å²) < 4.78 is 0. The summed E-state index contributed by atoms with van der Waals surface area (Å²) in [6.07, 6.45) is 0.732. The Labute approximate surface area is 125 Å². The van der Waals surface area contributed by atoms with E-state index in [2.05, 4.69) is 5.32 Å². The lowest BCUT2D eigenvalue weighted by Gasteiger charge is -2.29. The molecular formula is C16H24N2O3. The molecule has 0 unspecified atom stereocenters. The predicted octanol–water partition coefficient (Wildman–Crippen LogP) is 1.56. The Hall–Kier alpha value is -1.88. The second kappa shape index (κ2) is 7.22. The number of nitrogens with one attached hydrogen (secondary N) is 1. The molecule has 0 aliphatic rings. The standard InChI is InChI=1S/C16H24N2O3/c1-11(2)10-16(3,15(20)21)18-14(19)13(17)9-12-7-5-4-6-8-12/h4-8,11,13H,9-10,17H2,1-3H3,(H,18,19)(H,20,21)/t13-,16+/m1/s1. The summed E-state index contributed by atoms with van der Waals surface area (Å²) in [5.41, 5.74) is 5.54. The Balaban J connectivity index is 2.71. The van der Waals surface area contributed by atoms with Crippen molar-refractivity contribution >= 4 is 11.9 Å². The molecule has 0 aliphatic heterocycles. The van der Waals surface area contributed by atoms with Gasteiger partial charge in [0.2, 0.25) is 5.91 Å². The summed E-state index contributed by atoms with van der Waals surface area (Å²) in [5.74, 6) is -1.34. The summed E-state index contributed by atoms with van der Waals surface area (Å²) in [5, 5.41) is 11.9. The molecule has 0 bridgehead atoms. The fourth-order valence-electron chi connectivity index (χ4n) is 2.33. The second-order valence-corrected chi connectivity index (χ2v) is 6.02. The van der Waals surface area contributed by atoms with E-state index in [1.54, 1.807) is 0 Å². The van der Waals surface area contributed by atoms with E-state index in [-0.39, 0.29) is 5.92 Å². The van der Waals surface area contributed by atoms with E-state index < -0.39 is 23.5 Å². The maximum absolute atomic E-state index is 12.1. The first-order valence-corrected chi connectivity index (χ1v) is 7.09. The van der Waals surface area contributed by atoms with Crippen LogP contribution in [0.25, 0.3) is 0 Å². The Morgan fingerprint density at radius 1 is 1.29 bits per heavy atom. The number of hydrogen-bond acceptors (Lipinski definition) is 3. The van der Waals surface area contributed by atoms with E-state index in [4.69, 9.17) is 5.73 Å². The fraction of sp³-hybridized carbons (Fsp3) is 0.500. The molecule has 4 N–H and O–H groups in total. The number of carbonyl (C=O) groups is 2. The number of amides is 1. The van der Waals surface area contributed by atoms with E-state index in [1.807, 2.05) is 44.2 Å². The molecule has 0 saturated heterocycles. The first-order chi connectivity index (χ1) is 9.74. The highest BCUT2D eigenvalue weighted by atomic mass is 16.4. The average Bonchev–Trinajstić information content (AvgIpc) is 2.38. The highest BCUT2D eigenvalue weighted by Gasteiger charge is 2.36. The van der Waals surface area contributed by atoms with Crippen molar-refractivity contribution in [2.24, 2.45) is 11.7 Å². The van der Waals surface area contributed by atoms with Gasteiger partial charge < -0.3 is 16.2 Å². The number of carboxylic acid groups (broad SMARTS) is 1. The topological polar surface area (TPSA) is 92.4 Å². The van der Waals surface area contributed by atoms with Crippen molar-refractivity contribution in [2.45, 2.75) is 45.2 Å². The van der Waals surface area contributed by atoms with Gasteiger partial charge in [-0.05, 0) is 31.2 Å². The molecular weight excluding hydrogens is 268 g/mol. The molecule has 1 aromatic rings. The molecule has 1 rings (SSSR count). The molecule has 0 fully saturated rings. The summed E-state index contributed by atoms with van der Waals surface area (Å²) in [4.78, 5) is 23.6. The van der Waals surface area contributed by atoms with Crippen LogP contribution in [0, 0.1) is 5.92 Å². The Morgan fingerprint density at radius 2 is 1.86 bits per heavy atom. The molecule has 0 radical (unpaired) electrons. The van der Waals surface area contributed by atoms with Crippen LogP contribution in [-0.2, 0) is 16.0 Å². The van der Waals surface area contributed by atoms with Gasteiger partial charge in [0.25, 0.3) is 0 Å². The van der Waals surface area contributed by atoms with E-state index in [0.717, 1.165) is 5.56 Å². The van der Waals surface area contributed by atoms with E-state index >= 15 is 0 Å². The lowest BCUT2D eigenvalue weighted by Crippen LogP contribution is -2.57. The Kier molecular flexibility index (Phi) is 5.90. The minimum absolute atomic E-state index is 0.150. The molecule has 5 heteroatoms. The molecule has 0 saturated carbocycles. The minimum Gasteiger partial charge on any atom is -0.480 e. The molecule has 1 aromatic carbocycles. The molecule has 2 atom stereocenters. The minimum atomic E-state index is -1.29. The van der Waals surface area contributed by atoms with Gasteiger partial charge in [-0.25, -0.2) is 4.79 Å². The van der Waals surface area contributed by atoms with Gasteiger partial charge in [-0.1, -0.05) is 44.2 Å². The van der Waals surface area contributed by atoms with Gasteiger partial charge in [0.15, 0.2) is 0 Å². The summed E-state index contributed by atoms with van der Waals surface area (Å²) in [7, 11) is 0. The van der Waals surface area contributed by atoms with Crippen LogP contribution in [-0.4, -0.2) is 28.6 Å². The van der Waals surface area contributed by atoms with E-state index in [9.17, 15) is 14.7 Å². The lowest BCUT2D eigenvalue weighted by atomic mass is 9.90. The monoisotopic (exact) mass is 292 g/mol. The zero-order valence-electron chi connectivity index (χ0n) is 12.8. The van der Waals surface area contributed by atoms with Crippen molar-refractivity contribution in [3.05, 3.63) is 35.9 Å². The van der Waals surface area contributed by atoms with E-state index in [0.29, 0.717) is 12.8 Å². The Bertz CT molecular complexity index is 488. The SMILES string of the molecule is CC(C)C[C@](C)(NC(=O)[C@H](N)Cc1ccccc1)C(=O)O. The van der Waals surface area contributed by atoms with Gasteiger partial charge in [-0.2, -0.15) is 0 Å². The highest BCUT2D eigenvalue weighted by molar-refractivity contribution is 5.89. The first-order valence-electron chi connectivity index (χ1n) is 7.09. The van der Waals surface area contributed by atoms with Crippen LogP contribution < -0.4 is 11.1 Å². The van der Waals surface area contributed by atoms with Crippen LogP contribution in [0.15, 0.2) is 30.3 Å². The quantitative estimate of drug-likeness (QED) is 0.711. The first kappa shape index (κ1) is 17.2. The fourth-order valence-corrected chi connectivity index (χ4v) is 2.33. The van der Waals surface area contributed by atoms with E-state index in [1.165, 1.54) is 6.92 Å². The summed E-state index contributed by atoms with van der Waals surface area (Å²) in [6, 6.07) is 8.65. The third-order valence-electron chi connectivity index (χ3n) is 3.32. The van der Waals surface area contributed by atoms with Crippen LogP contribution in [0.3, 0.4) is 0 Å². The van der Waals surface area contributed by atoms with Crippen molar-refractivity contribution in [1.82, 2.24) is 5.32 Å². The zero-order valence-corrected chi connectivity index (χ0v) is 12.8. The maximum Gasteiger partial charge on any atom is 0.329 e. The molecule has 1 amide bonds. The summed E-state index contributed by atoms with van der Waals surface area (Å²) in [6.45, 7) is 5.34. The number of benzene rings is 1. The van der Waals surface area contributed by atoms with Gasteiger partial charge in [0.05, 0.1) is 6.04 Å². The number of carbonyl (C=O) groups excluding carboxylic acids is 1. The third kappa shape index (κ3) is 5.19. The van der Waals surface area contributed by atoms with Crippen molar-refractivity contribution in [3.8, 4) is 0 Å². The van der Waals surface area contributed by atoms with Crippen LogP contribution in [0.1, 0.15) is 32.8 Å². The molecule has 0 aromatic heterocycles. The summed E-state index contributed by atoms with van der Waals surface area (Å²) >= 11 is 0. The maximum atomic E-state index is 12.1. The third-order valence-corrected chi connectivity index (χ3v) is 3.32. The molecule has 0 aliphatic carbocycles. The van der Waals surface area contributed by atoms with Gasteiger partial charge in [-0.15, -0.1) is 0 Å². The largest absolute Gasteiger partial charge is 0.480 e. The number of carboxylic acids is 1. The number of rotatable bonds is 7. The highest BCUT2D eigenvalue weighted by Crippen LogP contribution is 2.17. The molecule has 116 valence electrons. The van der Waals surface area contributed by atoms with Crippen molar-refractivity contribution < 1.29 is 14.7 Å². The molecule has 0 spiro atoms.